The quantitative estimate of drug-likeness (QED) is 0.225. The van der Waals surface area contributed by atoms with E-state index in [0.29, 0.717) is 12.8 Å². The van der Waals surface area contributed by atoms with E-state index < -0.39 is 66.4 Å². The monoisotopic (exact) mass is 553 g/mol. The normalized spacial score (nSPS) is 26.3. The summed E-state index contributed by atoms with van der Waals surface area (Å²) >= 11 is 0. The minimum Gasteiger partial charge on any atom is -0.480 e. The third-order valence-corrected chi connectivity index (χ3v) is 8.49. The molecule has 0 radical (unpaired) electrons. The highest BCUT2D eigenvalue weighted by molar-refractivity contribution is 8.76. The number of amides is 4. The molecule has 202 valence electrons. The van der Waals surface area contributed by atoms with E-state index in [-0.39, 0.29) is 24.5 Å². The van der Waals surface area contributed by atoms with E-state index in [9.17, 15) is 34.2 Å². The Balaban J connectivity index is 1.77. The van der Waals surface area contributed by atoms with Crippen LogP contribution in [0.3, 0.4) is 0 Å². The fourth-order valence-corrected chi connectivity index (χ4v) is 6.38. The molecule has 2 aliphatic heterocycles. The zero-order valence-corrected chi connectivity index (χ0v) is 21.6. The van der Waals surface area contributed by atoms with Gasteiger partial charge in [-0.15, -0.1) is 0 Å². The van der Waals surface area contributed by atoms with Crippen molar-refractivity contribution in [3.63, 3.8) is 0 Å². The number of carboxylic acid groups (broad SMARTS) is 1. The molecule has 12 nitrogen and oxygen atoms in total. The van der Waals surface area contributed by atoms with E-state index >= 15 is 0 Å². The third kappa shape index (κ3) is 7.84. The molecule has 0 saturated carbocycles. The zero-order valence-electron chi connectivity index (χ0n) is 20.0. The smallest absolute Gasteiger partial charge is 0.327 e. The van der Waals surface area contributed by atoms with Crippen molar-refractivity contribution >= 4 is 51.2 Å². The number of carboxylic acids is 1. The first-order valence-electron chi connectivity index (χ1n) is 11.8. The molecule has 0 bridgehead atoms. The van der Waals surface area contributed by atoms with Crippen molar-refractivity contribution < 1.29 is 34.2 Å². The number of aliphatic hydroxyl groups is 1. The third-order valence-electron chi connectivity index (χ3n) is 6.07. The molecule has 2 saturated heterocycles. The second kappa shape index (κ2) is 13.7. The largest absolute Gasteiger partial charge is 0.480 e. The molecule has 0 aromatic heterocycles. The van der Waals surface area contributed by atoms with E-state index in [1.165, 1.54) is 4.90 Å². The number of carbonyl (C=O) groups excluding carboxylic acids is 4. The zero-order chi connectivity index (χ0) is 26.9. The van der Waals surface area contributed by atoms with E-state index in [0.717, 1.165) is 27.2 Å². The SMILES string of the molecule is N[C@@H](Cc1ccccc1)C(=O)N[C@H]1CSSC[C@@H](C(=O)O)NC(=O)[C@@H]2CCCN2C(=O)[C@H](CO)NC1=O. The molecule has 0 spiro atoms. The number of nitrogens with two attached hydrogens (primary N) is 1. The Bertz CT molecular complexity index is 999. The van der Waals surface area contributed by atoms with Crippen molar-refractivity contribution in [2.75, 3.05) is 24.7 Å². The Kier molecular flexibility index (Phi) is 10.6. The number of rotatable bonds is 6. The van der Waals surface area contributed by atoms with Crippen molar-refractivity contribution in [3.8, 4) is 0 Å². The summed E-state index contributed by atoms with van der Waals surface area (Å²) in [5.74, 6) is -3.73. The molecule has 1 aromatic rings. The number of carbonyl (C=O) groups is 5. The summed E-state index contributed by atoms with van der Waals surface area (Å²) in [6, 6.07) is 3.64. The number of fused-ring (bicyclic) bond motifs is 1. The van der Waals surface area contributed by atoms with Crippen molar-refractivity contribution in [1.82, 2.24) is 20.9 Å². The Labute approximate surface area is 221 Å². The minimum atomic E-state index is -1.34. The standard InChI is InChI=1S/C23H31N5O7S2/c24-14(9-13-5-2-1-3-6-13)19(30)26-16-11-36-37-12-17(23(34)35)27-21(32)18-7-4-8-28(18)22(33)15(10-29)25-20(16)31/h1-3,5-6,14-18,29H,4,7-12,24H2,(H,25,31)(H,26,30)(H,27,32)(H,34,35)/t14-,15-,16-,17-,18-/m0/s1. The molecule has 1 aromatic carbocycles. The van der Waals surface area contributed by atoms with Crippen LogP contribution in [-0.2, 0) is 30.4 Å². The molecular weight excluding hydrogens is 522 g/mol. The van der Waals surface area contributed by atoms with Gasteiger partial charge in [-0.25, -0.2) is 4.79 Å². The molecule has 4 amide bonds. The number of aliphatic carboxylic acids is 1. The van der Waals surface area contributed by atoms with E-state index in [1.807, 2.05) is 30.3 Å². The predicted molar refractivity (Wildman–Crippen MR) is 138 cm³/mol. The van der Waals surface area contributed by atoms with Crippen LogP contribution in [0.2, 0.25) is 0 Å². The van der Waals surface area contributed by atoms with E-state index in [4.69, 9.17) is 5.73 Å². The summed E-state index contributed by atoms with van der Waals surface area (Å²) in [5.41, 5.74) is 6.90. The van der Waals surface area contributed by atoms with Crippen LogP contribution in [0.4, 0.5) is 0 Å². The van der Waals surface area contributed by atoms with Gasteiger partial charge in [-0.2, -0.15) is 0 Å². The second-order valence-corrected chi connectivity index (χ2v) is 11.3. The average Bonchev–Trinajstić information content (AvgIpc) is 3.37. The van der Waals surface area contributed by atoms with Crippen LogP contribution in [0, 0.1) is 0 Å². The highest BCUT2D eigenvalue weighted by Crippen LogP contribution is 2.25. The molecule has 2 heterocycles. The first-order chi connectivity index (χ1) is 17.7. The van der Waals surface area contributed by atoms with Gasteiger partial charge in [0.2, 0.25) is 23.6 Å². The van der Waals surface area contributed by atoms with Gasteiger partial charge in [-0.1, -0.05) is 51.9 Å². The molecule has 7 N–H and O–H groups in total. The van der Waals surface area contributed by atoms with Crippen molar-refractivity contribution in [1.29, 1.82) is 0 Å². The molecule has 2 fully saturated rings. The lowest BCUT2D eigenvalue weighted by Crippen LogP contribution is -2.60. The Morgan fingerprint density at radius 1 is 1.11 bits per heavy atom. The van der Waals surface area contributed by atoms with E-state index in [2.05, 4.69) is 16.0 Å². The summed E-state index contributed by atoms with van der Waals surface area (Å²) in [7, 11) is 2.25. The lowest BCUT2D eigenvalue weighted by Gasteiger charge is -2.30. The van der Waals surface area contributed by atoms with Crippen LogP contribution in [0.1, 0.15) is 18.4 Å². The number of benzene rings is 1. The predicted octanol–water partition coefficient (Wildman–Crippen LogP) is -1.53. The summed E-state index contributed by atoms with van der Waals surface area (Å²) in [4.78, 5) is 64.7. The lowest BCUT2D eigenvalue weighted by molar-refractivity contribution is -0.145. The first kappa shape index (κ1) is 28.8. The van der Waals surface area contributed by atoms with Gasteiger partial charge in [0.1, 0.15) is 24.2 Å². The first-order valence-corrected chi connectivity index (χ1v) is 14.3. The number of nitrogens with zero attached hydrogens (tertiary/aromatic N) is 1. The van der Waals surface area contributed by atoms with Crippen molar-refractivity contribution in [2.24, 2.45) is 5.73 Å². The number of hydrogen-bond donors (Lipinski definition) is 6. The second-order valence-electron chi connectivity index (χ2n) is 8.76. The molecule has 5 atom stereocenters. The molecule has 37 heavy (non-hydrogen) atoms. The molecular formula is C23H31N5O7S2. The summed E-state index contributed by atoms with van der Waals surface area (Å²) in [6.45, 7) is -0.497. The maximum atomic E-state index is 13.1. The Morgan fingerprint density at radius 3 is 2.49 bits per heavy atom. The van der Waals surface area contributed by atoms with Gasteiger partial charge in [-0.05, 0) is 24.8 Å². The molecule has 14 heteroatoms. The van der Waals surface area contributed by atoms with Gasteiger partial charge in [-0.3, -0.25) is 19.2 Å². The maximum absolute atomic E-state index is 13.1. The van der Waals surface area contributed by atoms with Gasteiger partial charge in [0.15, 0.2) is 0 Å². The number of nitrogens with one attached hydrogen (secondary N) is 3. The van der Waals surface area contributed by atoms with Crippen LogP contribution >= 0.6 is 21.6 Å². The van der Waals surface area contributed by atoms with Gasteiger partial charge < -0.3 is 36.8 Å². The van der Waals surface area contributed by atoms with Crippen LogP contribution in [0.5, 0.6) is 0 Å². The van der Waals surface area contributed by atoms with Crippen LogP contribution < -0.4 is 21.7 Å². The Hall–Kier alpha value is -2.81. The lowest BCUT2D eigenvalue weighted by atomic mass is 10.1. The highest BCUT2D eigenvalue weighted by Gasteiger charge is 2.39. The Morgan fingerprint density at radius 2 is 1.81 bits per heavy atom. The van der Waals surface area contributed by atoms with Crippen LogP contribution in [0.15, 0.2) is 30.3 Å². The summed E-state index contributed by atoms with van der Waals surface area (Å²) < 4.78 is 0. The number of hydrogen-bond acceptors (Lipinski definition) is 9. The topological polar surface area (TPSA) is 191 Å². The highest BCUT2D eigenvalue weighted by atomic mass is 33.1. The molecule has 0 aliphatic carbocycles. The van der Waals surface area contributed by atoms with Gasteiger partial charge in [0.05, 0.1) is 12.6 Å². The van der Waals surface area contributed by atoms with Crippen LogP contribution in [0.25, 0.3) is 0 Å². The minimum absolute atomic E-state index is 0.00147. The summed E-state index contributed by atoms with van der Waals surface area (Å²) in [5, 5.41) is 27.0. The van der Waals surface area contributed by atoms with Crippen molar-refractivity contribution in [3.05, 3.63) is 35.9 Å². The number of aliphatic hydroxyl groups excluding tert-OH is 1. The molecule has 0 unspecified atom stereocenters. The summed E-state index contributed by atoms with van der Waals surface area (Å²) in [6.07, 6.45) is 1.09. The van der Waals surface area contributed by atoms with E-state index in [1.54, 1.807) is 0 Å². The van der Waals surface area contributed by atoms with Gasteiger partial charge >= 0.3 is 5.97 Å². The fraction of sp³-hybridized carbons (Fsp3) is 0.522. The van der Waals surface area contributed by atoms with Gasteiger partial charge in [0, 0.05) is 18.1 Å². The van der Waals surface area contributed by atoms with Crippen LogP contribution in [-0.4, -0.2) is 99.6 Å². The van der Waals surface area contributed by atoms with Gasteiger partial charge in [0.25, 0.3) is 0 Å². The molecule has 2 aliphatic rings. The average molecular weight is 554 g/mol. The van der Waals surface area contributed by atoms with Crippen molar-refractivity contribution in [2.45, 2.75) is 49.5 Å². The molecule has 3 rings (SSSR count). The maximum Gasteiger partial charge on any atom is 0.327 e. The fourth-order valence-electron chi connectivity index (χ4n) is 4.06.